The van der Waals surface area contributed by atoms with Crippen LogP contribution in [0.15, 0.2) is 30.3 Å². The highest BCUT2D eigenvalue weighted by molar-refractivity contribution is 7.59. The second-order valence-corrected chi connectivity index (χ2v) is 7.92. The Hall–Kier alpha value is -0.630. The number of benzene rings is 1. The molecule has 0 saturated carbocycles. The van der Waals surface area contributed by atoms with Gasteiger partial charge in [0.15, 0.2) is 0 Å². The first-order valence-corrected chi connectivity index (χ1v) is 7.09. The standard InChI is InChI=1S/C12H21N2OP/c1-11(12-9-7-6-8-10-12)16(15,13(2)3)14(4)5/h6-11H,1-5H3/t11-/m0/s1. The average Bonchev–Trinajstić information content (AvgIpc) is 2.27. The first-order chi connectivity index (χ1) is 7.40. The lowest BCUT2D eigenvalue weighted by Crippen LogP contribution is -2.24. The molecule has 0 aliphatic rings. The van der Waals surface area contributed by atoms with Crippen molar-refractivity contribution in [1.29, 1.82) is 0 Å². The van der Waals surface area contributed by atoms with Crippen LogP contribution in [0.4, 0.5) is 0 Å². The largest absolute Gasteiger partial charge is 0.288 e. The van der Waals surface area contributed by atoms with E-state index >= 15 is 0 Å². The number of hydrogen-bond donors (Lipinski definition) is 0. The quantitative estimate of drug-likeness (QED) is 0.756. The highest BCUT2D eigenvalue weighted by Crippen LogP contribution is 2.61. The molecule has 16 heavy (non-hydrogen) atoms. The third-order valence-electron chi connectivity index (χ3n) is 2.93. The fourth-order valence-electron chi connectivity index (χ4n) is 1.98. The van der Waals surface area contributed by atoms with Crippen molar-refractivity contribution in [2.24, 2.45) is 0 Å². The molecule has 0 aliphatic carbocycles. The first-order valence-electron chi connectivity index (χ1n) is 5.41. The summed E-state index contributed by atoms with van der Waals surface area (Å²) in [6.07, 6.45) is 0. The molecule has 90 valence electrons. The zero-order valence-electron chi connectivity index (χ0n) is 10.7. The Morgan fingerprint density at radius 1 is 1.00 bits per heavy atom. The van der Waals surface area contributed by atoms with E-state index in [0.717, 1.165) is 5.56 Å². The second-order valence-electron chi connectivity index (χ2n) is 4.37. The number of nitrogens with zero attached hydrogens (tertiary/aromatic N) is 2. The van der Waals surface area contributed by atoms with Crippen LogP contribution >= 0.6 is 7.44 Å². The molecule has 0 amide bonds. The molecule has 0 saturated heterocycles. The molecule has 4 heteroatoms. The van der Waals surface area contributed by atoms with Crippen LogP contribution in [-0.4, -0.2) is 37.5 Å². The van der Waals surface area contributed by atoms with Gasteiger partial charge in [-0.3, -0.25) is 4.57 Å². The van der Waals surface area contributed by atoms with Gasteiger partial charge in [0.1, 0.15) is 0 Å². The summed E-state index contributed by atoms with van der Waals surface area (Å²) in [5.74, 6) is 0. The fourth-order valence-corrected chi connectivity index (χ4v) is 4.64. The van der Waals surface area contributed by atoms with Gasteiger partial charge in [-0.25, -0.2) is 9.34 Å². The summed E-state index contributed by atoms with van der Waals surface area (Å²) in [6.45, 7) is 2.02. The van der Waals surface area contributed by atoms with E-state index in [-0.39, 0.29) is 5.66 Å². The zero-order chi connectivity index (χ0) is 12.3. The summed E-state index contributed by atoms with van der Waals surface area (Å²) in [7, 11) is 4.99. The van der Waals surface area contributed by atoms with Crippen LogP contribution in [0.3, 0.4) is 0 Å². The second kappa shape index (κ2) is 5.13. The Labute approximate surface area is 98.5 Å². The summed E-state index contributed by atoms with van der Waals surface area (Å²) in [5.41, 5.74) is 1.13. The van der Waals surface area contributed by atoms with Gasteiger partial charge < -0.3 is 0 Å². The third kappa shape index (κ3) is 2.37. The van der Waals surface area contributed by atoms with E-state index in [1.54, 1.807) is 0 Å². The SMILES string of the molecule is C[C@@H](c1ccccc1)P(=O)(N(C)C)N(C)C. The van der Waals surface area contributed by atoms with Crippen LogP contribution in [0.25, 0.3) is 0 Å². The van der Waals surface area contributed by atoms with Crippen molar-refractivity contribution in [3.05, 3.63) is 35.9 Å². The summed E-state index contributed by atoms with van der Waals surface area (Å²) in [4.78, 5) is 0. The lowest BCUT2D eigenvalue weighted by molar-refractivity contribution is 0.437. The Balaban J connectivity index is 3.12. The monoisotopic (exact) mass is 240 g/mol. The van der Waals surface area contributed by atoms with E-state index in [9.17, 15) is 4.57 Å². The molecule has 1 aromatic rings. The highest BCUT2D eigenvalue weighted by atomic mass is 31.2. The lowest BCUT2D eigenvalue weighted by Gasteiger charge is -2.35. The van der Waals surface area contributed by atoms with Crippen LogP contribution < -0.4 is 0 Å². The minimum Gasteiger partial charge on any atom is -0.288 e. The minimum absolute atomic E-state index is 0.0127. The van der Waals surface area contributed by atoms with Gasteiger partial charge in [0.05, 0.1) is 5.66 Å². The molecule has 1 rings (SSSR count). The van der Waals surface area contributed by atoms with E-state index in [2.05, 4.69) is 0 Å². The molecule has 0 radical (unpaired) electrons. The van der Waals surface area contributed by atoms with Gasteiger partial charge >= 0.3 is 0 Å². The first kappa shape index (κ1) is 13.4. The van der Waals surface area contributed by atoms with Crippen LogP contribution in [0.1, 0.15) is 18.1 Å². The van der Waals surface area contributed by atoms with Gasteiger partial charge in [0.2, 0.25) is 7.44 Å². The highest BCUT2D eigenvalue weighted by Gasteiger charge is 2.35. The summed E-state index contributed by atoms with van der Waals surface area (Å²) in [5, 5.41) is 0. The van der Waals surface area contributed by atoms with Crippen LogP contribution in [0.5, 0.6) is 0 Å². The van der Waals surface area contributed by atoms with E-state index in [1.165, 1.54) is 0 Å². The molecular formula is C12H21N2OP. The van der Waals surface area contributed by atoms with Gasteiger partial charge in [-0.2, -0.15) is 0 Å². The van der Waals surface area contributed by atoms with Crippen LogP contribution in [0, 0.1) is 0 Å². The Kier molecular flexibility index (Phi) is 4.31. The molecule has 0 heterocycles. The predicted octanol–water partition coefficient (Wildman–Crippen LogP) is 3.06. The average molecular weight is 240 g/mol. The third-order valence-corrected chi connectivity index (χ3v) is 6.53. The van der Waals surface area contributed by atoms with Gasteiger partial charge in [0, 0.05) is 0 Å². The topological polar surface area (TPSA) is 23.6 Å². The Morgan fingerprint density at radius 3 is 1.81 bits per heavy atom. The minimum atomic E-state index is -2.51. The summed E-state index contributed by atoms with van der Waals surface area (Å²) < 4.78 is 16.6. The molecule has 1 aromatic carbocycles. The van der Waals surface area contributed by atoms with E-state index in [0.29, 0.717) is 0 Å². The lowest BCUT2D eigenvalue weighted by atomic mass is 10.2. The molecule has 0 spiro atoms. The van der Waals surface area contributed by atoms with Crippen molar-refractivity contribution in [2.75, 3.05) is 28.2 Å². The van der Waals surface area contributed by atoms with Crippen molar-refractivity contribution < 1.29 is 4.57 Å². The van der Waals surface area contributed by atoms with Crippen LogP contribution in [0.2, 0.25) is 0 Å². The van der Waals surface area contributed by atoms with Gasteiger partial charge in [0.25, 0.3) is 0 Å². The van der Waals surface area contributed by atoms with Crippen molar-refractivity contribution in [3.8, 4) is 0 Å². The molecule has 3 nitrogen and oxygen atoms in total. The number of rotatable bonds is 4. The molecule has 0 unspecified atom stereocenters. The molecule has 0 bridgehead atoms. The molecular weight excluding hydrogens is 219 g/mol. The van der Waals surface area contributed by atoms with E-state index < -0.39 is 7.44 Å². The Bertz CT molecular complexity index is 364. The predicted molar refractivity (Wildman–Crippen MR) is 69.8 cm³/mol. The Morgan fingerprint density at radius 2 is 1.44 bits per heavy atom. The van der Waals surface area contributed by atoms with E-state index in [4.69, 9.17) is 0 Å². The van der Waals surface area contributed by atoms with Gasteiger partial charge in [-0.15, -0.1) is 0 Å². The zero-order valence-corrected chi connectivity index (χ0v) is 11.6. The van der Waals surface area contributed by atoms with Crippen LogP contribution in [-0.2, 0) is 4.57 Å². The normalized spacial score (nSPS) is 14.4. The fraction of sp³-hybridized carbons (Fsp3) is 0.500. The number of hydrogen-bond acceptors (Lipinski definition) is 1. The molecule has 0 aromatic heterocycles. The maximum Gasteiger partial charge on any atom is 0.222 e. The van der Waals surface area contributed by atoms with E-state index in [1.807, 2.05) is 74.8 Å². The maximum atomic E-state index is 13.0. The molecule has 0 fully saturated rings. The van der Waals surface area contributed by atoms with Crippen molar-refractivity contribution >= 4 is 7.44 Å². The van der Waals surface area contributed by atoms with Gasteiger partial charge in [-0.1, -0.05) is 30.3 Å². The van der Waals surface area contributed by atoms with Crippen molar-refractivity contribution in [1.82, 2.24) is 9.34 Å². The van der Waals surface area contributed by atoms with Crippen molar-refractivity contribution in [3.63, 3.8) is 0 Å². The summed E-state index contributed by atoms with van der Waals surface area (Å²) >= 11 is 0. The molecule has 0 N–H and O–H groups in total. The van der Waals surface area contributed by atoms with Gasteiger partial charge in [-0.05, 0) is 40.7 Å². The summed E-state index contributed by atoms with van der Waals surface area (Å²) in [6, 6.07) is 10.0. The molecule has 1 atom stereocenters. The maximum absolute atomic E-state index is 13.0. The van der Waals surface area contributed by atoms with Crippen molar-refractivity contribution in [2.45, 2.75) is 12.6 Å². The smallest absolute Gasteiger partial charge is 0.222 e. The molecule has 0 aliphatic heterocycles.